The van der Waals surface area contributed by atoms with Crippen LogP contribution in [-0.4, -0.2) is 4.98 Å². The van der Waals surface area contributed by atoms with Crippen LogP contribution in [0.3, 0.4) is 0 Å². The maximum atomic E-state index is 6.13. The van der Waals surface area contributed by atoms with Crippen molar-refractivity contribution in [1.82, 2.24) is 4.98 Å². The summed E-state index contributed by atoms with van der Waals surface area (Å²) in [5.41, 5.74) is 8.75. The average molecular weight is 325 g/mol. The summed E-state index contributed by atoms with van der Waals surface area (Å²) in [6, 6.07) is 21.3. The molecule has 3 rings (SSSR count). The minimum absolute atomic E-state index is 0.510. The molecule has 116 valence electrons. The molecule has 0 aliphatic carbocycles. The molecular formula is C19H17ClN2O. The average Bonchev–Trinajstić information content (AvgIpc) is 2.55. The van der Waals surface area contributed by atoms with E-state index in [4.69, 9.17) is 22.1 Å². The van der Waals surface area contributed by atoms with E-state index in [0.29, 0.717) is 23.9 Å². The van der Waals surface area contributed by atoms with Crippen LogP contribution in [-0.2, 0) is 13.0 Å². The van der Waals surface area contributed by atoms with Gasteiger partial charge in [0, 0.05) is 22.7 Å². The third-order valence-corrected chi connectivity index (χ3v) is 3.69. The molecule has 0 saturated heterocycles. The first-order chi connectivity index (χ1) is 11.2. The van der Waals surface area contributed by atoms with Gasteiger partial charge in [-0.1, -0.05) is 48.0 Å². The van der Waals surface area contributed by atoms with Crippen LogP contribution in [0, 0.1) is 0 Å². The molecule has 0 fully saturated rings. The highest BCUT2D eigenvalue weighted by Gasteiger charge is 2.08. The lowest BCUT2D eigenvalue weighted by molar-refractivity contribution is 0.303. The minimum atomic E-state index is 0.510. The van der Waals surface area contributed by atoms with Crippen LogP contribution in [0.15, 0.2) is 66.7 Å². The number of nitrogen functional groups attached to an aromatic ring is 1. The van der Waals surface area contributed by atoms with Crippen molar-refractivity contribution in [3.63, 3.8) is 0 Å². The van der Waals surface area contributed by atoms with E-state index >= 15 is 0 Å². The second-order valence-electron chi connectivity index (χ2n) is 5.26. The van der Waals surface area contributed by atoms with Crippen molar-refractivity contribution in [1.29, 1.82) is 0 Å². The first-order valence-electron chi connectivity index (χ1n) is 7.37. The van der Waals surface area contributed by atoms with E-state index in [0.717, 1.165) is 22.6 Å². The summed E-state index contributed by atoms with van der Waals surface area (Å²) in [6.07, 6.45) is 0.621. The smallest absolute Gasteiger partial charge is 0.123 e. The number of benzene rings is 2. The highest BCUT2D eigenvalue weighted by molar-refractivity contribution is 6.30. The molecule has 0 bridgehead atoms. The van der Waals surface area contributed by atoms with Crippen molar-refractivity contribution in [2.75, 3.05) is 5.73 Å². The van der Waals surface area contributed by atoms with Crippen molar-refractivity contribution >= 4 is 17.4 Å². The SMILES string of the molecule is Nc1cccc(Cc2cc(Cl)ccc2OCc2ccccc2)n1. The highest BCUT2D eigenvalue weighted by Crippen LogP contribution is 2.26. The van der Waals surface area contributed by atoms with Gasteiger partial charge in [-0.3, -0.25) is 0 Å². The zero-order valence-electron chi connectivity index (χ0n) is 12.6. The molecule has 1 heterocycles. The first-order valence-corrected chi connectivity index (χ1v) is 7.75. The fraction of sp³-hybridized carbons (Fsp3) is 0.105. The van der Waals surface area contributed by atoms with Gasteiger partial charge in [-0.15, -0.1) is 0 Å². The van der Waals surface area contributed by atoms with Gasteiger partial charge in [0.2, 0.25) is 0 Å². The molecule has 0 amide bonds. The van der Waals surface area contributed by atoms with Gasteiger partial charge in [-0.05, 0) is 35.9 Å². The van der Waals surface area contributed by atoms with Crippen molar-refractivity contribution < 1.29 is 4.74 Å². The zero-order valence-corrected chi connectivity index (χ0v) is 13.3. The number of pyridine rings is 1. The zero-order chi connectivity index (χ0) is 16.1. The van der Waals surface area contributed by atoms with Crippen LogP contribution >= 0.6 is 11.6 Å². The van der Waals surface area contributed by atoms with Crippen molar-refractivity contribution in [2.45, 2.75) is 13.0 Å². The Balaban J connectivity index is 1.80. The molecule has 0 aliphatic rings. The van der Waals surface area contributed by atoms with Gasteiger partial charge in [0.25, 0.3) is 0 Å². The number of rotatable bonds is 5. The van der Waals surface area contributed by atoms with E-state index in [1.807, 2.05) is 60.7 Å². The van der Waals surface area contributed by atoms with Crippen LogP contribution in [0.5, 0.6) is 5.75 Å². The Morgan fingerprint density at radius 1 is 0.957 bits per heavy atom. The van der Waals surface area contributed by atoms with Gasteiger partial charge < -0.3 is 10.5 Å². The maximum Gasteiger partial charge on any atom is 0.123 e. The number of hydrogen-bond acceptors (Lipinski definition) is 3. The molecule has 3 nitrogen and oxygen atoms in total. The van der Waals surface area contributed by atoms with Gasteiger partial charge in [0.15, 0.2) is 0 Å². The molecule has 23 heavy (non-hydrogen) atoms. The number of halogens is 1. The fourth-order valence-corrected chi connectivity index (χ4v) is 2.55. The molecule has 2 aromatic carbocycles. The van der Waals surface area contributed by atoms with Crippen LogP contribution in [0.25, 0.3) is 0 Å². The van der Waals surface area contributed by atoms with Gasteiger partial charge >= 0.3 is 0 Å². The van der Waals surface area contributed by atoms with Gasteiger partial charge in [0.1, 0.15) is 18.2 Å². The lowest BCUT2D eigenvalue weighted by Crippen LogP contribution is -2.01. The number of nitrogens with zero attached hydrogens (tertiary/aromatic N) is 1. The van der Waals surface area contributed by atoms with Crippen molar-refractivity contribution in [3.05, 3.63) is 88.6 Å². The number of hydrogen-bond donors (Lipinski definition) is 1. The van der Waals surface area contributed by atoms with E-state index in [2.05, 4.69) is 4.98 Å². The lowest BCUT2D eigenvalue weighted by Gasteiger charge is -2.12. The topological polar surface area (TPSA) is 48.1 Å². The quantitative estimate of drug-likeness (QED) is 0.752. The lowest BCUT2D eigenvalue weighted by atomic mass is 10.1. The van der Waals surface area contributed by atoms with E-state index in [9.17, 15) is 0 Å². The van der Waals surface area contributed by atoms with Crippen molar-refractivity contribution in [2.24, 2.45) is 0 Å². The Bertz CT molecular complexity index is 790. The summed E-state index contributed by atoms with van der Waals surface area (Å²) >= 11 is 6.13. The van der Waals surface area contributed by atoms with E-state index in [1.165, 1.54) is 0 Å². The summed E-state index contributed by atoms with van der Waals surface area (Å²) in [6.45, 7) is 0.514. The van der Waals surface area contributed by atoms with Crippen LogP contribution in [0.2, 0.25) is 5.02 Å². The molecule has 2 N–H and O–H groups in total. The predicted octanol–water partition coefficient (Wildman–Crippen LogP) is 4.49. The van der Waals surface area contributed by atoms with Crippen LogP contribution < -0.4 is 10.5 Å². The summed E-state index contributed by atoms with van der Waals surface area (Å²) in [7, 11) is 0. The molecule has 0 atom stereocenters. The third-order valence-electron chi connectivity index (χ3n) is 3.46. The molecular weight excluding hydrogens is 308 g/mol. The second-order valence-corrected chi connectivity index (χ2v) is 5.69. The number of anilines is 1. The second kappa shape index (κ2) is 7.16. The summed E-state index contributed by atoms with van der Waals surface area (Å²) in [5.74, 6) is 1.32. The van der Waals surface area contributed by atoms with Gasteiger partial charge in [-0.2, -0.15) is 0 Å². The normalized spacial score (nSPS) is 10.5. The standard InChI is InChI=1S/C19H17ClN2O/c20-16-9-10-18(23-13-14-5-2-1-3-6-14)15(11-16)12-17-7-4-8-19(21)22-17/h1-11H,12-13H2,(H2,21,22). The molecule has 0 saturated carbocycles. The molecule has 4 heteroatoms. The summed E-state index contributed by atoms with van der Waals surface area (Å²) < 4.78 is 5.96. The Labute approximate surface area is 140 Å². The Morgan fingerprint density at radius 2 is 1.78 bits per heavy atom. The number of aromatic nitrogens is 1. The van der Waals surface area contributed by atoms with Crippen LogP contribution in [0.4, 0.5) is 5.82 Å². The van der Waals surface area contributed by atoms with Crippen LogP contribution in [0.1, 0.15) is 16.8 Å². The fourth-order valence-electron chi connectivity index (χ4n) is 2.35. The molecule has 3 aromatic rings. The predicted molar refractivity (Wildman–Crippen MR) is 93.7 cm³/mol. The van der Waals surface area contributed by atoms with Gasteiger partial charge in [0.05, 0.1) is 0 Å². The van der Waals surface area contributed by atoms with Gasteiger partial charge in [-0.25, -0.2) is 4.98 Å². The molecule has 1 aromatic heterocycles. The monoisotopic (exact) mass is 324 g/mol. The summed E-state index contributed by atoms with van der Waals surface area (Å²) in [5, 5.41) is 0.677. The molecule has 0 radical (unpaired) electrons. The summed E-state index contributed by atoms with van der Waals surface area (Å²) in [4.78, 5) is 4.34. The molecule has 0 aliphatic heterocycles. The van der Waals surface area contributed by atoms with E-state index < -0.39 is 0 Å². The van der Waals surface area contributed by atoms with Crippen molar-refractivity contribution in [3.8, 4) is 5.75 Å². The first kappa shape index (κ1) is 15.4. The molecule has 0 spiro atoms. The maximum absolute atomic E-state index is 6.13. The Kier molecular flexibility index (Phi) is 4.79. The minimum Gasteiger partial charge on any atom is -0.489 e. The van der Waals surface area contributed by atoms with E-state index in [1.54, 1.807) is 6.07 Å². The Morgan fingerprint density at radius 3 is 2.57 bits per heavy atom. The third kappa shape index (κ3) is 4.24. The Hall–Kier alpha value is -2.52. The number of nitrogens with two attached hydrogens (primary N) is 1. The highest BCUT2D eigenvalue weighted by atomic mass is 35.5. The van der Waals surface area contributed by atoms with E-state index in [-0.39, 0.29) is 0 Å². The largest absolute Gasteiger partial charge is 0.489 e. The number of ether oxygens (including phenoxy) is 1. The molecule has 0 unspecified atom stereocenters.